The van der Waals surface area contributed by atoms with E-state index in [0.717, 1.165) is 17.7 Å². The number of para-hydroxylation sites is 1. The lowest BCUT2D eigenvalue weighted by Gasteiger charge is -2.40. The fourth-order valence-corrected chi connectivity index (χ4v) is 2.83. The van der Waals surface area contributed by atoms with Crippen molar-refractivity contribution in [3.63, 3.8) is 0 Å². The molecule has 1 fully saturated rings. The van der Waals surface area contributed by atoms with Gasteiger partial charge in [-0.1, -0.05) is 51.1 Å². The molecule has 208 valence electrons. The third-order valence-corrected chi connectivity index (χ3v) is 4.75. The van der Waals surface area contributed by atoms with Crippen molar-refractivity contribution in [2.75, 3.05) is 39.4 Å². The second kappa shape index (κ2) is 25.5. The number of aryl methyl sites for hydroxylation is 1. The van der Waals surface area contributed by atoms with Gasteiger partial charge < -0.3 is 20.1 Å². The summed E-state index contributed by atoms with van der Waals surface area (Å²) in [6.45, 7) is 21.0. The molecule has 1 heterocycles. The summed E-state index contributed by atoms with van der Waals surface area (Å²) in [6, 6.07) is 5.77. The molecule has 1 aliphatic heterocycles. The standard InChI is InChI=1S/C9H11FN2O.C9H14O.C7H15N.C2H6O.C2H6/c1-6-4-3-5-7(8(6)12-10)9(13)11-2;1-4-6-7-8-9(5-2)10-3;1-6(2)8-4-7(3)5-8;1-2-3;1-2/h3-5,12H,1-2H3,(H,11,13);4-8H,1-3H3;6-7H,4-5H2,1-3H3;3H,2H2,1H3;1-2H3/b;6-4+,8-7-,9-5-;;;. The molecule has 0 aliphatic carbocycles. The number of allylic oxidation sites excluding steroid dienone is 5. The fourth-order valence-electron chi connectivity index (χ4n) is 2.83. The van der Waals surface area contributed by atoms with Gasteiger partial charge in [-0.15, -0.1) is 4.48 Å². The van der Waals surface area contributed by atoms with Crippen molar-refractivity contribution >= 4 is 11.6 Å². The highest BCUT2D eigenvalue weighted by Crippen LogP contribution is 2.20. The van der Waals surface area contributed by atoms with Crippen LogP contribution in [0.3, 0.4) is 0 Å². The van der Waals surface area contributed by atoms with Gasteiger partial charge in [0.15, 0.2) is 0 Å². The van der Waals surface area contributed by atoms with Crippen molar-refractivity contribution < 1.29 is 19.1 Å². The summed E-state index contributed by atoms with van der Waals surface area (Å²) < 4.78 is 17.3. The highest BCUT2D eigenvalue weighted by Gasteiger charge is 2.23. The second-order valence-corrected chi connectivity index (χ2v) is 7.92. The molecule has 0 atom stereocenters. The van der Waals surface area contributed by atoms with Crippen molar-refractivity contribution in [2.24, 2.45) is 5.92 Å². The van der Waals surface area contributed by atoms with Crippen LogP contribution < -0.4 is 10.9 Å². The number of methoxy groups -OCH3 is 1. The molecule has 1 amide bonds. The minimum atomic E-state index is -0.302. The zero-order chi connectivity index (χ0) is 28.5. The molecule has 0 radical (unpaired) electrons. The third-order valence-electron chi connectivity index (χ3n) is 4.75. The number of anilines is 1. The summed E-state index contributed by atoms with van der Waals surface area (Å²) in [5.41, 5.74) is 2.75. The van der Waals surface area contributed by atoms with E-state index in [-0.39, 0.29) is 18.2 Å². The van der Waals surface area contributed by atoms with E-state index >= 15 is 0 Å². The van der Waals surface area contributed by atoms with Gasteiger partial charge in [0.1, 0.15) is 5.76 Å². The number of carbonyl (C=O) groups excluding carboxylic acids is 1. The van der Waals surface area contributed by atoms with Gasteiger partial charge in [-0.2, -0.15) is 0 Å². The van der Waals surface area contributed by atoms with Crippen LogP contribution >= 0.6 is 0 Å². The van der Waals surface area contributed by atoms with Crippen LogP contribution in [0.15, 0.2) is 54.3 Å². The first kappa shape index (κ1) is 37.9. The molecule has 36 heavy (non-hydrogen) atoms. The van der Waals surface area contributed by atoms with Gasteiger partial charge in [-0.05, 0) is 71.2 Å². The smallest absolute Gasteiger partial charge is 0.253 e. The van der Waals surface area contributed by atoms with Crippen LogP contribution in [0, 0.1) is 12.8 Å². The summed E-state index contributed by atoms with van der Waals surface area (Å²) >= 11 is 0. The Morgan fingerprint density at radius 3 is 2.14 bits per heavy atom. The van der Waals surface area contributed by atoms with E-state index < -0.39 is 0 Å². The number of rotatable bonds is 6. The number of likely N-dealkylation sites (tertiary alicyclic amines) is 1. The Bertz CT molecular complexity index is 756. The third kappa shape index (κ3) is 17.7. The Kier molecular flexibility index (Phi) is 26.8. The molecule has 1 aromatic rings. The number of nitrogens with zero attached hydrogens (tertiary/aromatic N) is 1. The molecule has 1 aromatic carbocycles. The van der Waals surface area contributed by atoms with Gasteiger partial charge >= 0.3 is 0 Å². The highest BCUT2D eigenvalue weighted by molar-refractivity contribution is 5.99. The first-order valence-electron chi connectivity index (χ1n) is 12.7. The number of aliphatic hydroxyl groups is 1. The predicted octanol–water partition coefficient (Wildman–Crippen LogP) is 6.69. The Labute approximate surface area is 220 Å². The number of ether oxygens (including phenoxy) is 1. The van der Waals surface area contributed by atoms with Gasteiger partial charge in [-0.3, -0.25) is 4.79 Å². The van der Waals surface area contributed by atoms with Gasteiger partial charge in [0.25, 0.3) is 5.91 Å². The molecule has 0 saturated carbocycles. The number of hydrogen-bond donors (Lipinski definition) is 3. The lowest BCUT2D eigenvalue weighted by molar-refractivity contribution is 0.0787. The van der Waals surface area contributed by atoms with Crippen LogP contribution in [0.4, 0.5) is 10.2 Å². The van der Waals surface area contributed by atoms with Crippen molar-refractivity contribution in [1.82, 2.24) is 10.2 Å². The molecule has 0 unspecified atom stereocenters. The fraction of sp³-hybridized carbons (Fsp3) is 0.552. The monoisotopic (exact) mass is 509 g/mol. The SMILES string of the molecule is C/C=C(/C=C\C=C\C)OC.CC.CC1CN(C(C)C)C1.CCO.CNC(=O)c1cccc(C)c1NF. The average molecular weight is 510 g/mol. The lowest BCUT2D eigenvalue weighted by atomic mass is 10.0. The van der Waals surface area contributed by atoms with E-state index in [1.807, 2.05) is 58.1 Å². The van der Waals surface area contributed by atoms with Crippen LogP contribution in [0.5, 0.6) is 0 Å². The number of hydrogen-bond acceptors (Lipinski definition) is 5. The maximum Gasteiger partial charge on any atom is 0.253 e. The second-order valence-electron chi connectivity index (χ2n) is 7.92. The molecule has 7 heteroatoms. The number of benzene rings is 1. The molecule has 0 bridgehead atoms. The average Bonchev–Trinajstić information content (AvgIpc) is 2.86. The Morgan fingerprint density at radius 2 is 1.81 bits per heavy atom. The Balaban J connectivity index is -0.000000425. The van der Waals surface area contributed by atoms with E-state index in [1.165, 1.54) is 25.7 Å². The van der Waals surface area contributed by atoms with Crippen molar-refractivity contribution in [2.45, 2.75) is 68.4 Å². The van der Waals surface area contributed by atoms with Crippen molar-refractivity contribution in [3.05, 3.63) is 65.5 Å². The van der Waals surface area contributed by atoms with Crippen molar-refractivity contribution in [3.8, 4) is 0 Å². The molecule has 1 saturated heterocycles. The summed E-state index contributed by atoms with van der Waals surface area (Å²) in [7, 11) is 3.17. The number of nitrogens with one attached hydrogen (secondary N) is 2. The summed E-state index contributed by atoms with van der Waals surface area (Å²) in [6.07, 6.45) is 9.71. The molecular formula is C29H52FN3O3. The molecule has 2 rings (SSSR count). The maximum atomic E-state index is 12.3. The van der Waals surface area contributed by atoms with Crippen molar-refractivity contribution in [1.29, 1.82) is 0 Å². The van der Waals surface area contributed by atoms with E-state index in [4.69, 9.17) is 9.84 Å². The summed E-state index contributed by atoms with van der Waals surface area (Å²) in [5.74, 6) is 1.54. The minimum absolute atomic E-state index is 0.224. The molecule has 1 aliphatic rings. The predicted molar refractivity (Wildman–Crippen MR) is 154 cm³/mol. The van der Waals surface area contributed by atoms with Gasteiger partial charge in [-0.25, -0.2) is 5.54 Å². The van der Waals surface area contributed by atoms with E-state index in [0.29, 0.717) is 11.1 Å². The number of amides is 1. The summed E-state index contributed by atoms with van der Waals surface area (Å²) in [5, 5.41) is 10.0. The van der Waals surface area contributed by atoms with E-state index in [2.05, 4.69) is 31.0 Å². The van der Waals surface area contributed by atoms with Gasteiger partial charge in [0, 0.05) is 32.8 Å². The molecule has 0 spiro atoms. The lowest BCUT2D eigenvalue weighted by Crippen LogP contribution is -2.48. The number of halogens is 1. The summed E-state index contributed by atoms with van der Waals surface area (Å²) in [4.78, 5) is 13.7. The maximum absolute atomic E-state index is 12.3. The molecular weight excluding hydrogens is 457 g/mol. The number of carbonyl (C=O) groups is 1. The largest absolute Gasteiger partial charge is 0.497 e. The Hall–Kier alpha value is -2.64. The first-order valence-corrected chi connectivity index (χ1v) is 12.7. The quantitative estimate of drug-likeness (QED) is 0.226. The van der Waals surface area contributed by atoms with E-state index in [9.17, 15) is 9.28 Å². The topological polar surface area (TPSA) is 73.8 Å². The Morgan fingerprint density at radius 1 is 1.25 bits per heavy atom. The molecule has 3 N–H and O–H groups in total. The molecule has 6 nitrogen and oxygen atoms in total. The van der Waals surface area contributed by atoms with Crippen LogP contribution in [0.2, 0.25) is 0 Å². The number of aliphatic hydroxyl groups excluding tert-OH is 1. The van der Waals surface area contributed by atoms with Gasteiger partial charge in [0.2, 0.25) is 0 Å². The van der Waals surface area contributed by atoms with Crippen LogP contribution in [0.1, 0.15) is 71.3 Å². The zero-order valence-electron chi connectivity index (χ0n) is 24.5. The van der Waals surface area contributed by atoms with Crippen LogP contribution in [0.25, 0.3) is 0 Å². The normalized spacial score (nSPS) is 13.1. The highest BCUT2D eigenvalue weighted by atomic mass is 19.2. The van der Waals surface area contributed by atoms with E-state index in [1.54, 1.807) is 39.2 Å². The van der Waals surface area contributed by atoms with Crippen LogP contribution in [-0.4, -0.2) is 55.8 Å². The first-order chi connectivity index (χ1) is 17.2. The van der Waals surface area contributed by atoms with Gasteiger partial charge in [0.05, 0.1) is 18.4 Å². The van der Waals surface area contributed by atoms with Crippen LogP contribution in [-0.2, 0) is 4.74 Å². The molecule has 0 aromatic heterocycles. The minimum Gasteiger partial charge on any atom is -0.497 e. The zero-order valence-corrected chi connectivity index (χ0v) is 24.5.